The number of hydrogen-bond acceptors (Lipinski definition) is 7. The second-order valence-corrected chi connectivity index (χ2v) is 5.26. The summed E-state index contributed by atoms with van der Waals surface area (Å²) in [4.78, 5) is 20.5. The Hall–Kier alpha value is -3.49. The number of phenols is 1. The van der Waals surface area contributed by atoms with E-state index in [1.165, 1.54) is 6.07 Å². The molecule has 0 radical (unpaired) electrons. The molecule has 9 nitrogen and oxygen atoms in total. The smallest absolute Gasteiger partial charge is 0.301 e. The van der Waals surface area contributed by atoms with Crippen molar-refractivity contribution in [2.75, 3.05) is 5.43 Å². The zero-order valence-electron chi connectivity index (χ0n) is 13.6. The minimum absolute atomic E-state index is 0.0214. The third-order valence-corrected chi connectivity index (χ3v) is 3.50. The highest BCUT2D eigenvalue weighted by Gasteiger charge is 2.19. The van der Waals surface area contributed by atoms with Crippen LogP contribution < -0.4 is 5.43 Å². The van der Waals surface area contributed by atoms with Gasteiger partial charge in [-0.1, -0.05) is 13.0 Å². The van der Waals surface area contributed by atoms with Gasteiger partial charge in [0.1, 0.15) is 11.4 Å². The lowest BCUT2D eigenvalue weighted by atomic mass is 10.1. The van der Waals surface area contributed by atoms with Crippen molar-refractivity contribution in [2.24, 2.45) is 5.10 Å². The number of rotatable bonds is 6. The van der Waals surface area contributed by atoms with Gasteiger partial charge < -0.3 is 5.11 Å². The molecule has 0 spiro atoms. The number of aromatic hydroxyl groups is 1. The summed E-state index contributed by atoms with van der Waals surface area (Å²) < 4.78 is 0. The molecule has 2 N–H and O–H groups in total. The second-order valence-electron chi connectivity index (χ2n) is 5.26. The number of hydrogen-bond donors (Lipinski definition) is 2. The summed E-state index contributed by atoms with van der Waals surface area (Å²) in [5, 5.41) is 36.0. The van der Waals surface area contributed by atoms with Gasteiger partial charge in [0.25, 0.3) is 5.69 Å². The van der Waals surface area contributed by atoms with Crippen LogP contribution >= 0.6 is 0 Å². The number of nitro benzene ring substituents is 2. The number of nitrogens with zero attached hydrogens (tertiary/aromatic N) is 3. The van der Waals surface area contributed by atoms with Gasteiger partial charge in [0.05, 0.1) is 21.6 Å². The van der Waals surface area contributed by atoms with Crippen molar-refractivity contribution in [2.45, 2.75) is 20.3 Å². The lowest BCUT2D eigenvalue weighted by Gasteiger charge is -2.09. The molecule has 2 rings (SSSR count). The number of non-ortho nitro benzene ring substituents is 1. The van der Waals surface area contributed by atoms with E-state index < -0.39 is 15.5 Å². The van der Waals surface area contributed by atoms with Crippen molar-refractivity contribution in [3.63, 3.8) is 0 Å². The summed E-state index contributed by atoms with van der Waals surface area (Å²) in [5.74, 6) is 0.0561. The Morgan fingerprint density at radius 1 is 1.16 bits per heavy atom. The van der Waals surface area contributed by atoms with Crippen LogP contribution in [0.3, 0.4) is 0 Å². The first-order valence-electron chi connectivity index (χ1n) is 7.39. The molecule has 25 heavy (non-hydrogen) atoms. The van der Waals surface area contributed by atoms with Crippen LogP contribution in [0.1, 0.15) is 24.5 Å². The van der Waals surface area contributed by atoms with Gasteiger partial charge >= 0.3 is 5.69 Å². The highest BCUT2D eigenvalue weighted by molar-refractivity contribution is 6.03. The first-order chi connectivity index (χ1) is 11.8. The molecule has 0 aromatic heterocycles. The molecule has 0 heterocycles. The molecular formula is C16H16N4O5. The Kier molecular flexibility index (Phi) is 5.28. The predicted molar refractivity (Wildman–Crippen MR) is 93.0 cm³/mol. The molecule has 0 saturated carbocycles. The first kappa shape index (κ1) is 17.9. The van der Waals surface area contributed by atoms with Crippen molar-refractivity contribution in [1.29, 1.82) is 0 Å². The van der Waals surface area contributed by atoms with Crippen LogP contribution in [0.15, 0.2) is 41.5 Å². The zero-order chi connectivity index (χ0) is 18.6. The maximum Gasteiger partial charge on any atom is 0.301 e. The summed E-state index contributed by atoms with van der Waals surface area (Å²) in [6.45, 7) is 3.66. The molecule has 0 bridgehead atoms. The maximum atomic E-state index is 11.1. The number of hydrazone groups is 1. The van der Waals surface area contributed by atoms with Crippen molar-refractivity contribution in [1.82, 2.24) is 0 Å². The maximum absolute atomic E-state index is 11.1. The van der Waals surface area contributed by atoms with Crippen LogP contribution in [-0.2, 0) is 0 Å². The van der Waals surface area contributed by atoms with Crippen LogP contribution in [0.25, 0.3) is 0 Å². The minimum Gasteiger partial charge on any atom is -0.507 e. The van der Waals surface area contributed by atoms with E-state index in [0.717, 1.165) is 17.7 Å². The lowest BCUT2D eigenvalue weighted by Crippen LogP contribution is -2.05. The number of aryl methyl sites for hydroxylation is 1. The fourth-order valence-corrected chi connectivity index (χ4v) is 2.22. The molecular weight excluding hydrogens is 328 g/mol. The molecule has 2 aromatic rings. The summed E-state index contributed by atoms with van der Waals surface area (Å²) in [7, 11) is 0. The normalized spacial score (nSPS) is 11.2. The molecule has 0 saturated heterocycles. The number of phenolic OH excluding ortho intramolecular Hbond substituents is 1. The lowest BCUT2D eigenvalue weighted by molar-refractivity contribution is -0.393. The van der Waals surface area contributed by atoms with Gasteiger partial charge in [0.15, 0.2) is 0 Å². The fourth-order valence-electron chi connectivity index (χ4n) is 2.22. The Balaban J connectivity index is 2.38. The second kappa shape index (κ2) is 7.39. The van der Waals surface area contributed by atoms with E-state index in [2.05, 4.69) is 10.5 Å². The van der Waals surface area contributed by atoms with Gasteiger partial charge in [-0.3, -0.25) is 25.7 Å². The van der Waals surface area contributed by atoms with E-state index in [1.807, 2.05) is 19.9 Å². The molecule has 2 aromatic carbocycles. The number of nitrogens with one attached hydrogen (secondary N) is 1. The monoisotopic (exact) mass is 344 g/mol. The quantitative estimate of drug-likeness (QED) is 0.466. The molecule has 0 aliphatic heterocycles. The van der Waals surface area contributed by atoms with Gasteiger partial charge in [-0.05, 0) is 37.1 Å². The third-order valence-electron chi connectivity index (χ3n) is 3.50. The Labute approximate surface area is 142 Å². The van der Waals surface area contributed by atoms with Gasteiger partial charge in [0, 0.05) is 11.6 Å². The van der Waals surface area contributed by atoms with E-state index in [-0.39, 0.29) is 17.1 Å². The average molecular weight is 344 g/mol. The first-order valence-corrected chi connectivity index (χ1v) is 7.39. The molecule has 0 unspecified atom stereocenters. The van der Waals surface area contributed by atoms with Gasteiger partial charge in [-0.25, -0.2) is 0 Å². The van der Waals surface area contributed by atoms with Crippen LogP contribution in [0.5, 0.6) is 5.75 Å². The molecule has 130 valence electrons. The molecule has 0 amide bonds. The average Bonchev–Trinajstić information content (AvgIpc) is 2.56. The van der Waals surface area contributed by atoms with Crippen molar-refractivity contribution < 1.29 is 15.0 Å². The summed E-state index contributed by atoms with van der Waals surface area (Å²) in [6.07, 6.45) is 0.463. The Morgan fingerprint density at radius 3 is 2.44 bits per heavy atom. The summed E-state index contributed by atoms with van der Waals surface area (Å²) in [6, 6.07) is 8.36. The van der Waals surface area contributed by atoms with Crippen molar-refractivity contribution in [3.05, 3.63) is 67.8 Å². The van der Waals surface area contributed by atoms with E-state index in [0.29, 0.717) is 17.7 Å². The zero-order valence-corrected chi connectivity index (χ0v) is 13.6. The van der Waals surface area contributed by atoms with Crippen molar-refractivity contribution in [3.8, 4) is 5.75 Å². The van der Waals surface area contributed by atoms with Crippen molar-refractivity contribution >= 4 is 22.8 Å². The predicted octanol–water partition coefficient (Wildman–Crippen LogP) is 3.74. The molecule has 0 aliphatic carbocycles. The molecule has 0 atom stereocenters. The highest BCUT2D eigenvalue weighted by atomic mass is 16.6. The number of anilines is 1. The highest BCUT2D eigenvalue weighted by Crippen LogP contribution is 2.29. The topological polar surface area (TPSA) is 131 Å². The standard InChI is InChI=1S/C16H16N4O5/c1-3-13(12-6-4-10(2)8-16(12)21)17-18-14-7-5-11(19(22)23)9-15(14)20(24)25/h4-9,18,21H,3H2,1-2H3/b17-13-. The molecule has 9 heteroatoms. The van der Waals surface area contributed by atoms with Gasteiger partial charge in [-0.2, -0.15) is 5.10 Å². The number of benzene rings is 2. The summed E-state index contributed by atoms with van der Waals surface area (Å²) in [5.41, 5.74) is 3.63. The van der Waals surface area contributed by atoms with Crippen LogP contribution in [0.2, 0.25) is 0 Å². The van der Waals surface area contributed by atoms with E-state index in [1.54, 1.807) is 12.1 Å². The Morgan fingerprint density at radius 2 is 1.88 bits per heavy atom. The van der Waals surface area contributed by atoms with E-state index in [4.69, 9.17) is 0 Å². The van der Waals surface area contributed by atoms with Crippen LogP contribution in [-0.4, -0.2) is 20.7 Å². The largest absolute Gasteiger partial charge is 0.507 e. The molecule has 0 aliphatic rings. The SMILES string of the molecule is CC/C(=N/Nc1ccc([N+](=O)[O-])cc1[N+](=O)[O-])c1ccc(C)cc1O. The summed E-state index contributed by atoms with van der Waals surface area (Å²) >= 11 is 0. The fraction of sp³-hybridized carbons (Fsp3) is 0.188. The van der Waals surface area contributed by atoms with E-state index in [9.17, 15) is 25.3 Å². The minimum atomic E-state index is -0.722. The molecule has 0 fully saturated rings. The van der Waals surface area contributed by atoms with E-state index >= 15 is 0 Å². The van der Waals surface area contributed by atoms with Crippen LogP contribution in [0, 0.1) is 27.2 Å². The Bertz CT molecular complexity index is 864. The third kappa shape index (κ3) is 4.08. The van der Waals surface area contributed by atoms with Crippen LogP contribution in [0.4, 0.5) is 17.1 Å². The van der Waals surface area contributed by atoms with Gasteiger partial charge in [0.2, 0.25) is 0 Å². The number of nitro groups is 2. The van der Waals surface area contributed by atoms with Gasteiger partial charge in [-0.15, -0.1) is 0 Å².